The second-order valence-corrected chi connectivity index (χ2v) is 6.19. The molecule has 0 bridgehead atoms. The molecular formula is C20H21N5O2. The lowest BCUT2D eigenvalue weighted by atomic mass is 10.1. The van der Waals surface area contributed by atoms with Gasteiger partial charge in [-0.2, -0.15) is 5.10 Å². The first-order valence-corrected chi connectivity index (χ1v) is 8.48. The Morgan fingerprint density at radius 2 is 1.67 bits per heavy atom. The Kier molecular flexibility index (Phi) is 5.63. The lowest BCUT2D eigenvalue weighted by Crippen LogP contribution is -2.22. The quantitative estimate of drug-likeness (QED) is 0.377. The Morgan fingerprint density at radius 1 is 1.04 bits per heavy atom. The molecule has 0 aliphatic heterocycles. The van der Waals surface area contributed by atoms with E-state index in [1.165, 1.54) is 6.20 Å². The number of amides is 1. The summed E-state index contributed by atoms with van der Waals surface area (Å²) in [7, 11) is 0. The van der Waals surface area contributed by atoms with Gasteiger partial charge in [0.15, 0.2) is 0 Å². The van der Waals surface area contributed by atoms with Crippen molar-refractivity contribution in [2.75, 3.05) is 0 Å². The normalized spacial score (nSPS) is 10.6. The van der Waals surface area contributed by atoms with Crippen molar-refractivity contribution < 1.29 is 9.90 Å². The summed E-state index contributed by atoms with van der Waals surface area (Å²) in [5, 5.41) is 23.5. The molecule has 27 heavy (non-hydrogen) atoms. The molecule has 0 radical (unpaired) electrons. The molecule has 0 spiro atoms. The summed E-state index contributed by atoms with van der Waals surface area (Å²) in [4.78, 5) is 12.3. The molecule has 1 heterocycles. The standard InChI is InChI=1S/C20H21N5O2/c21-19(22)17-7-5-14(6-8-17)9-23-20(27)18-10-24-25(12-18)11-15-1-3-16(13-26)4-2-15/h1-8,10,12,26H,9,11,13H2,(H3,21,22)(H,23,27). The summed E-state index contributed by atoms with van der Waals surface area (Å²) < 4.78 is 1.70. The lowest BCUT2D eigenvalue weighted by molar-refractivity contribution is 0.0951. The van der Waals surface area contributed by atoms with Crippen LogP contribution >= 0.6 is 0 Å². The fourth-order valence-electron chi connectivity index (χ4n) is 2.59. The predicted octanol–water partition coefficient (Wildman–Crippen LogP) is 1.64. The van der Waals surface area contributed by atoms with Crippen molar-refractivity contribution in [2.45, 2.75) is 19.7 Å². The first kappa shape index (κ1) is 18.3. The molecule has 0 saturated heterocycles. The van der Waals surface area contributed by atoms with Gasteiger partial charge in [-0.1, -0.05) is 48.5 Å². The molecule has 2 aromatic carbocycles. The predicted molar refractivity (Wildman–Crippen MR) is 102 cm³/mol. The molecule has 0 fully saturated rings. The maximum Gasteiger partial charge on any atom is 0.254 e. The second kappa shape index (κ2) is 8.29. The third-order valence-electron chi connectivity index (χ3n) is 4.16. The summed E-state index contributed by atoms with van der Waals surface area (Å²) in [6, 6.07) is 14.8. The van der Waals surface area contributed by atoms with Crippen LogP contribution in [0.3, 0.4) is 0 Å². The molecule has 138 valence electrons. The first-order valence-electron chi connectivity index (χ1n) is 8.48. The van der Waals surface area contributed by atoms with E-state index in [1.54, 1.807) is 23.0 Å². The van der Waals surface area contributed by atoms with E-state index in [-0.39, 0.29) is 18.3 Å². The molecule has 0 aliphatic rings. The molecule has 7 nitrogen and oxygen atoms in total. The molecule has 7 heteroatoms. The van der Waals surface area contributed by atoms with E-state index < -0.39 is 0 Å². The minimum Gasteiger partial charge on any atom is -0.392 e. The number of hydrogen-bond acceptors (Lipinski definition) is 4. The number of nitrogen functional groups attached to an aromatic ring is 1. The van der Waals surface area contributed by atoms with E-state index in [0.717, 1.165) is 16.7 Å². The number of hydrogen-bond donors (Lipinski definition) is 4. The van der Waals surface area contributed by atoms with Crippen molar-refractivity contribution >= 4 is 11.7 Å². The zero-order valence-electron chi connectivity index (χ0n) is 14.7. The van der Waals surface area contributed by atoms with Crippen molar-refractivity contribution in [2.24, 2.45) is 5.73 Å². The summed E-state index contributed by atoms with van der Waals surface area (Å²) in [6.07, 6.45) is 3.24. The summed E-state index contributed by atoms with van der Waals surface area (Å²) in [6.45, 7) is 0.945. The van der Waals surface area contributed by atoms with E-state index in [0.29, 0.717) is 24.2 Å². The van der Waals surface area contributed by atoms with Gasteiger partial charge in [-0.3, -0.25) is 14.9 Å². The molecule has 0 saturated carbocycles. The van der Waals surface area contributed by atoms with E-state index in [1.807, 2.05) is 36.4 Å². The molecule has 3 aromatic rings. The number of aromatic nitrogens is 2. The average molecular weight is 363 g/mol. The van der Waals surface area contributed by atoms with Crippen LogP contribution in [0, 0.1) is 5.41 Å². The number of carbonyl (C=O) groups is 1. The topological polar surface area (TPSA) is 117 Å². The fraction of sp³-hybridized carbons (Fsp3) is 0.150. The van der Waals surface area contributed by atoms with Gasteiger partial charge in [-0.25, -0.2) is 0 Å². The SMILES string of the molecule is N=C(N)c1ccc(CNC(=O)c2cnn(Cc3ccc(CO)cc3)c2)cc1. The highest BCUT2D eigenvalue weighted by Gasteiger charge is 2.09. The van der Waals surface area contributed by atoms with E-state index in [9.17, 15) is 4.79 Å². The Morgan fingerprint density at radius 3 is 2.30 bits per heavy atom. The fourth-order valence-corrected chi connectivity index (χ4v) is 2.59. The monoisotopic (exact) mass is 363 g/mol. The number of nitrogens with one attached hydrogen (secondary N) is 2. The van der Waals surface area contributed by atoms with Crippen molar-refractivity contribution in [1.29, 1.82) is 5.41 Å². The maximum atomic E-state index is 12.3. The number of carbonyl (C=O) groups excluding carboxylic acids is 1. The lowest BCUT2D eigenvalue weighted by Gasteiger charge is -2.05. The van der Waals surface area contributed by atoms with Crippen LogP contribution in [-0.4, -0.2) is 26.6 Å². The van der Waals surface area contributed by atoms with Gasteiger partial charge in [-0.15, -0.1) is 0 Å². The number of nitrogens with zero attached hydrogens (tertiary/aromatic N) is 2. The third kappa shape index (κ3) is 4.80. The van der Waals surface area contributed by atoms with Gasteiger partial charge in [0, 0.05) is 18.3 Å². The van der Waals surface area contributed by atoms with Gasteiger partial charge in [0.25, 0.3) is 5.91 Å². The largest absolute Gasteiger partial charge is 0.392 e. The zero-order chi connectivity index (χ0) is 19.2. The van der Waals surface area contributed by atoms with Crippen LogP contribution < -0.4 is 11.1 Å². The molecule has 1 amide bonds. The maximum absolute atomic E-state index is 12.3. The van der Waals surface area contributed by atoms with Crippen molar-refractivity contribution in [3.63, 3.8) is 0 Å². The van der Waals surface area contributed by atoms with Gasteiger partial charge in [0.2, 0.25) is 0 Å². The van der Waals surface area contributed by atoms with Crippen molar-refractivity contribution in [3.8, 4) is 0 Å². The van der Waals surface area contributed by atoms with Gasteiger partial charge < -0.3 is 16.2 Å². The van der Waals surface area contributed by atoms with E-state index in [2.05, 4.69) is 10.4 Å². The van der Waals surface area contributed by atoms with Crippen LogP contribution in [-0.2, 0) is 19.7 Å². The minimum atomic E-state index is -0.201. The van der Waals surface area contributed by atoms with Gasteiger partial charge >= 0.3 is 0 Å². The van der Waals surface area contributed by atoms with Gasteiger partial charge in [0.1, 0.15) is 5.84 Å². The molecule has 5 N–H and O–H groups in total. The Bertz CT molecular complexity index is 930. The van der Waals surface area contributed by atoms with Crippen molar-refractivity contribution in [3.05, 3.63) is 88.7 Å². The van der Waals surface area contributed by atoms with Crippen LogP contribution in [0.25, 0.3) is 0 Å². The molecule has 1 aromatic heterocycles. The van der Waals surface area contributed by atoms with Crippen LogP contribution in [0.2, 0.25) is 0 Å². The smallest absolute Gasteiger partial charge is 0.254 e. The number of aliphatic hydroxyl groups is 1. The highest BCUT2D eigenvalue weighted by molar-refractivity contribution is 5.95. The van der Waals surface area contributed by atoms with Crippen molar-refractivity contribution in [1.82, 2.24) is 15.1 Å². The third-order valence-corrected chi connectivity index (χ3v) is 4.16. The summed E-state index contributed by atoms with van der Waals surface area (Å²) in [5.41, 5.74) is 9.38. The number of benzene rings is 2. The van der Waals surface area contributed by atoms with E-state index >= 15 is 0 Å². The van der Waals surface area contributed by atoms with Crippen LogP contribution in [0.4, 0.5) is 0 Å². The summed E-state index contributed by atoms with van der Waals surface area (Å²) in [5.74, 6) is -0.184. The summed E-state index contributed by atoms with van der Waals surface area (Å²) >= 11 is 0. The van der Waals surface area contributed by atoms with Crippen LogP contribution in [0.1, 0.15) is 32.6 Å². The van der Waals surface area contributed by atoms with Gasteiger partial charge in [-0.05, 0) is 16.7 Å². The average Bonchev–Trinajstić information content (AvgIpc) is 3.15. The Hall–Kier alpha value is -3.45. The number of nitrogens with two attached hydrogens (primary N) is 1. The number of rotatable bonds is 7. The Labute approximate surface area is 157 Å². The zero-order valence-corrected chi connectivity index (χ0v) is 14.7. The molecular weight excluding hydrogens is 342 g/mol. The first-order chi connectivity index (χ1) is 13.0. The molecule has 0 atom stereocenters. The van der Waals surface area contributed by atoms with Gasteiger partial charge in [0.05, 0.1) is 24.9 Å². The Balaban J connectivity index is 1.56. The second-order valence-electron chi connectivity index (χ2n) is 6.19. The number of aliphatic hydroxyl groups excluding tert-OH is 1. The number of amidine groups is 1. The molecule has 0 aliphatic carbocycles. The van der Waals surface area contributed by atoms with E-state index in [4.69, 9.17) is 16.2 Å². The minimum absolute atomic E-state index is 0.0176. The highest BCUT2D eigenvalue weighted by Crippen LogP contribution is 2.08. The van der Waals surface area contributed by atoms with Crippen LogP contribution in [0.15, 0.2) is 60.9 Å². The molecule has 3 rings (SSSR count). The van der Waals surface area contributed by atoms with Crippen LogP contribution in [0.5, 0.6) is 0 Å². The highest BCUT2D eigenvalue weighted by atomic mass is 16.3. The molecule has 0 unspecified atom stereocenters.